The van der Waals surface area contributed by atoms with E-state index in [4.69, 9.17) is 0 Å². The van der Waals surface area contributed by atoms with Crippen LogP contribution in [0.5, 0.6) is 0 Å². The summed E-state index contributed by atoms with van der Waals surface area (Å²) in [6.07, 6.45) is 4.30. The second-order valence-electron chi connectivity index (χ2n) is 3.77. The molecule has 0 aliphatic heterocycles. The van der Waals surface area contributed by atoms with E-state index in [1.54, 1.807) is 30.3 Å². The SMILES string of the molecule is CCCCCCNS(=O)(=O)c1ccccc1. The normalized spacial score (nSPS) is 11.6. The lowest BCUT2D eigenvalue weighted by atomic mass is 10.2. The van der Waals surface area contributed by atoms with Crippen LogP contribution >= 0.6 is 0 Å². The lowest BCUT2D eigenvalue weighted by Gasteiger charge is -2.05. The maximum Gasteiger partial charge on any atom is 0.240 e. The molecule has 0 aliphatic carbocycles. The summed E-state index contributed by atoms with van der Waals surface area (Å²) in [5.74, 6) is 0. The summed E-state index contributed by atoms with van der Waals surface area (Å²) in [5, 5.41) is 0. The van der Waals surface area contributed by atoms with Crippen molar-refractivity contribution in [2.24, 2.45) is 0 Å². The van der Waals surface area contributed by atoms with Crippen LogP contribution in [0.1, 0.15) is 32.6 Å². The van der Waals surface area contributed by atoms with Crippen LogP contribution in [0.25, 0.3) is 0 Å². The topological polar surface area (TPSA) is 46.2 Å². The molecule has 90 valence electrons. The molecule has 1 N–H and O–H groups in total. The molecule has 4 heteroatoms. The first kappa shape index (κ1) is 13.2. The average molecular weight is 241 g/mol. The Bertz CT molecular complexity index is 387. The first-order valence-electron chi connectivity index (χ1n) is 5.71. The van der Waals surface area contributed by atoms with E-state index in [1.165, 1.54) is 0 Å². The van der Waals surface area contributed by atoms with Crippen molar-refractivity contribution in [1.29, 1.82) is 0 Å². The number of nitrogens with one attached hydrogen (secondary N) is 1. The van der Waals surface area contributed by atoms with Crippen molar-refractivity contribution < 1.29 is 8.42 Å². The number of hydrogen-bond donors (Lipinski definition) is 1. The highest BCUT2D eigenvalue weighted by atomic mass is 32.2. The van der Waals surface area contributed by atoms with Crippen LogP contribution in [0.4, 0.5) is 0 Å². The van der Waals surface area contributed by atoms with Gasteiger partial charge in [0.25, 0.3) is 0 Å². The van der Waals surface area contributed by atoms with Gasteiger partial charge in [0.2, 0.25) is 10.0 Å². The molecule has 3 nitrogen and oxygen atoms in total. The van der Waals surface area contributed by atoms with Crippen LogP contribution < -0.4 is 4.72 Å². The Morgan fingerprint density at radius 3 is 2.38 bits per heavy atom. The lowest BCUT2D eigenvalue weighted by molar-refractivity contribution is 0.573. The summed E-state index contributed by atoms with van der Waals surface area (Å²) in [7, 11) is -3.30. The van der Waals surface area contributed by atoms with Gasteiger partial charge in [0.15, 0.2) is 0 Å². The molecule has 0 atom stereocenters. The van der Waals surface area contributed by atoms with Gasteiger partial charge < -0.3 is 0 Å². The Labute approximate surface area is 97.9 Å². The zero-order chi connectivity index (χ0) is 11.9. The number of unbranched alkanes of at least 4 members (excludes halogenated alkanes) is 3. The Morgan fingerprint density at radius 1 is 1.06 bits per heavy atom. The minimum atomic E-state index is -3.30. The van der Waals surface area contributed by atoms with Gasteiger partial charge in [-0.15, -0.1) is 0 Å². The molecule has 1 aromatic rings. The second-order valence-corrected chi connectivity index (χ2v) is 5.54. The molecule has 0 saturated carbocycles. The van der Waals surface area contributed by atoms with E-state index in [-0.39, 0.29) is 0 Å². The summed E-state index contributed by atoms with van der Waals surface area (Å²) < 4.78 is 26.1. The summed E-state index contributed by atoms with van der Waals surface area (Å²) >= 11 is 0. The highest BCUT2D eigenvalue weighted by molar-refractivity contribution is 7.89. The van der Waals surface area contributed by atoms with E-state index in [9.17, 15) is 8.42 Å². The van der Waals surface area contributed by atoms with Crippen molar-refractivity contribution in [3.8, 4) is 0 Å². The minimum Gasteiger partial charge on any atom is -0.211 e. The highest BCUT2D eigenvalue weighted by Gasteiger charge is 2.11. The number of hydrogen-bond acceptors (Lipinski definition) is 2. The summed E-state index contributed by atoms with van der Waals surface area (Å²) in [6, 6.07) is 8.47. The molecule has 0 spiro atoms. The van der Waals surface area contributed by atoms with E-state index < -0.39 is 10.0 Å². The highest BCUT2D eigenvalue weighted by Crippen LogP contribution is 2.07. The predicted octanol–water partition coefficient (Wildman–Crippen LogP) is 2.55. The molecule has 16 heavy (non-hydrogen) atoms. The predicted molar refractivity (Wildman–Crippen MR) is 65.8 cm³/mol. The minimum absolute atomic E-state index is 0.338. The van der Waals surface area contributed by atoms with E-state index in [1.807, 2.05) is 0 Å². The molecular weight excluding hydrogens is 222 g/mol. The van der Waals surface area contributed by atoms with Crippen LogP contribution in [0.2, 0.25) is 0 Å². The molecule has 0 radical (unpaired) electrons. The van der Waals surface area contributed by atoms with E-state index in [0.717, 1.165) is 25.7 Å². The molecular formula is C12H19NO2S. The Kier molecular flexibility index (Phi) is 5.49. The van der Waals surface area contributed by atoms with Crippen molar-refractivity contribution in [2.75, 3.05) is 6.54 Å². The van der Waals surface area contributed by atoms with Crippen molar-refractivity contribution in [2.45, 2.75) is 37.5 Å². The quantitative estimate of drug-likeness (QED) is 0.746. The fourth-order valence-electron chi connectivity index (χ4n) is 1.44. The first-order valence-corrected chi connectivity index (χ1v) is 7.20. The summed E-state index contributed by atoms with van der Waals surface area (Å²) in [6.45, 7) is 2.66. The van der Waals surface area contributed by atoms with Crippen molar-refractivity contribution in [3.63, 3.8) is 0 Å². The smallest absolute Gasteiger partial charge is 0.211 e. The molecule has 1 aromatic carbocycles. The average Bonchev–Trinajstić information content (AvgIpc) is 2.30. The Balaban J connectivity index is 2.41. The largest absolute Gasteiger partial charge is 0.240 e. The van der Waals surface area contributed by atoms with Gasteiger partial charge in [-0.3, -0.25) is 0 Å². The Hall–Kier alpha value is -0.870. The summed E-state index contributed by atoms with van der Waals surface area (Å²) in [5.41, 5.74) is 0. The molecule has 1 rings (SSSR count). The molecule has 0 aliphatic rings. The molecule has 0 heterocycles. The van der Waals surface area contributed by atoms with Gasteiger partial charge in [-0.2, -0.15) is 0 Å². The zero-order valence-corrected chi connectivity index (χ0v) is 10.5. The van der Waals surface area contributed by atoms with Crippen molar-refractivity contribution in [3.05, 3.63) is 30.3 Å². The number of benzene rings is 1. The summed E-state index contributed by atoms with van der Waals surface area (Å²) in [4.78, 5) is 0.338. The van der Waals surface area contributed by atoms with E-state index in [2.05, 4.69) is 11.6 Å². The van der Waals surface area contributed by atoms with Gasteiger partial charge in [0.1, 0.15) is 0 Å². The van der Waals surface area contributed by atoms with Crippen LogP contribution in [0, 0.1) is 0 Å². The number of sulfonamides is 1. The van der Waals surface area contributed by atoms with E-state index in [0.29, 0.717) is 11.4 Å². The fraction of sp³-hybridized carbons (Fsp3) is 0.500. The molecule has 0 aromatic heterocycles. The van der Waals surface area contributed by atoms with Gasteiger partial charge in [0, 0.05) is 6.54 Å². The standard InChI is InChI=1S/C12H19NO2S/c1-2-3-4-8-11-13-16(14,15)12-9-6-5-7-10-12/h5-7,9-10,13H,2-4,8,11H2,1H3. The van der Waals surface area contributed by atoms with Gasteiger partial charge in [-0.1, -0.05) is 44.4 Å². The number of rotatable bonds is 7. The van der Waals surface area contributed by atoms with Crippen LogP contribution in [0.15, 0.2) is 35.2 Å². The monoisotopic (exact) mass is 241 g/mol. The third-order valence-corrected chi connectivity index (χ3v) is 3.85. The zero-order valence-electron chi connectivity index (χ0n) is 9.65. The van der Waals surface area contributed by atoms with Gasteiger partial charge in [0.05, 0.1) is 4.90 Å². The Morgan fingerprint density at radius 2 is 1.75 bits per heavy atom. The molecule has 0 fully saturated rings. The van der Waals surface area contributed by atoms with Crippen LogP contribution in [-0.2, 0) is 10.0 Å². The maximum atomic E-state index is 11.8. The van der Waals surface area contributed by atoms with Gasteiger partial charge >= 0.3 is 0 Å². The molecule has 0 unspecified atom stereocenters. The molecule has 0 saturated heterocycles. The van der Waals surface area contributed by atoms with Crippen LogP contribution in [-0.4, -0.2) is 15.0 Å². The molecule has 0 bridgehead atoms. The third kappa shape index (κ3) is 4.33. The lowest BCUT2D eigenvalue weighted by Crippen LogP contribution is -2.24. The first-order chi connectivity index (χ1) is 7.67. The fourth-order valence-corrected chi connectivity index (χ4v) is 2.54. The van der Waals surface area contributed by atoms with Crippen molar-refractivity contribution >= 4 is 10.0 Å². The van der Waals surface area contributed by atoms with Crippen molar-refractivity contribution in [1.82, 2.24) is 4.72 Å². The maximum absolute atomic E-state index is 11.8. The van der Waals surface area contributed by atoms with Crippen LogP contribution in [0.3, 0.4) is 0 Å². The van der Waals surface area contributed by atoms with Gasteiger partial charge in [-0.25, -0.2) is 13.1 Å². The second kappa shape index (κ2) is 6.66. The third-order valence-electron chi connectivity index (χ3n) is 2.38. The van der Waals surface area contributed by atoms with E-state index >= 15 is 0 Å². The van der Waals surface area contributed by atoms with Gasteiger partial charge in [-0.05, 0) is 18.6 Å². The molecule has 0 amide bonds.